The van der Waals surface area contributed by atoms with Crippen molar-refractivity contribution in [2.24, 2.45) is 5.84 Å². The molecule has 1 aromatic heterocycles. The van der Waals surface area contributed by atoms with E-state index in [4.69, 9.17) is 10.6 Å². The topological polar surface area (TPSA) is 60.2 Å². The Labute approximate surface area is 65.4 Å². The Hall–Kier alpha value is -1.29. The standard InChI is InChI=1S/C7H11N3O/c1-2-11-6-3-4-9-7(5-6)10-8/h3-5H,2,8H2,1H3,(H,9,10). The zero-order chi connectivity index (χ0) is 8.10. The highest BCUT2D eigenvalue weighted by molar-refractivity contribution is 5.39. The molecule has 0 spiro atoms. The van der Waals surface area contributed by atoms with Crippen molar-refractivity contribution in [2.45, 2.75) is 6.92 Å². The van der Waals surface area contributed by atoms with Crippen LogP contribution in [-0.2, 0) is 0 Å². The third kappa shape index (κ3) is 2.09. The van der Waals surface area contributed by atoms with Gasteiger partial charge in [0, 0.05) is 12.3 Å². The molecular weight excluding hydrogens is 142 g/mol. The van der Waals surface area contributed by atoms with E-state index in [0.717, 1.165) is 5.75 Å². The summed E-state index contributed by atoms with van der Waals surface area (Å²) in [5, 5.41) is 0. The molecular formula is C7H11N3O. The van der Waals surface area contributed by atoms with E-state index in [1.165, 1.54) is 0 Å². The molecule has 4 nitrogen and oxygen atoms in total. The van der Waals surface area contributed by atoms with Crippen LogP contribution in [0.25, 0.3) is 0 Å². The Morgan fingerprint density at radius 2 is 2.55 bits per heavy atom. The number of pyridine rings is 1. The van der Waals surface area contributed by atoms with Gasteiger partial charge in [-0.05, 0) is 13.0 Å². The van der Waals surface area contributed by atoms with Crippen LogP contribution in [-0.4, -0.2) is 11.6 Å². The lowest BCUT2D eigenvalue weighted by Gasteiger charge is -2.03. The van der Waals surface area contributed by atoms with Gasteiger partial charge in [-0.15, -0.1) is 0 Å². The SMILES string of the molecule is CCOc1ccnc(NN)c1. The second-order valence-electron chi connectivity index (χ2n) is 1.95. The molecule has 0 unspecified atom stereocenters. The van der Waals surface area contributed by atoms with E-state index in [0.29, 0.717) is 12.4 Å². The Morgan fingerprint density at radius 3 is 3.18 bits per heavy atom. The van der Waals surface area contributed by atoms with Gasteiger partial charge >= 0.3 is 0 Å². The highest BCUT2D eigenvalue weighted by Crippen LogP contribution is 2.12. The number of rotatable bonds is 3. The van der Waals surface area contributed by atoms with Crippen molar-refractivity contribution in [3.63, 3.8) is 0 Å². The molecule has 60 valence electrons. The number of hydrazine groups is 1. The fourth-order valence-electron chi connectivity index (χ4n) is 0.747. The summed E-state index contributed by atoms with van der Waals surface area (Å²) in [6.45, 7) is 2.57. The quantitative estimate of drug-likeness (QED) is 0.497. The summed E-state index contributed by atoms with van der Waals surface area (Å²) in [6, 6.07) is 3.52. The zero-order valence-corrected chi connectivity index (χ0v) is 6.37. The van der Waals surface area contributed by atoms with Gasteiger partial charge in [-0.3, -0.25) is 0 Å². The van der Waals surface area contributed by atoms with Crippen LogP contribution < -0.4 is 16.0 Å². The smallest absolute Gasteiger partial charge is 0.143 e. The van der Waals surface area contributed by atoms with Crippen LogP contribution in [0.4, 0.5) is 5.82 Å². The van der Waals surface area contributed by atoms with Crippen LogP contribution in [0, 0.1) is 0 Å². The maximum atomic E-state index is 5.21. The molecule has 0 fully saturated rings. The number of hydrogen-bond acceptors (Lipinski definition) is 4. The molecule has 0 saturated heterocycles. The second-order valence-corrected chi connectivity index (χ2v) is 1.95. The zero-order valence-electron chi connectivity index (χ0n) is 6.37. The molecule has 3 N–H and O–H groups in total. The Morgan fingerprint density at radius 1 is 1.73 bits per heavy atom. The van der Waals surface area contributed by atoms with Crippen LogP contribution in [0.1, 0.15) is 6.92 Å². The predicted octanol–water partition coefficient (Wildman–Crippen LogP) is 0.766. The molecule has 1 rings (SSSR count). The van der Waals surface area contributed by atoms with Gasteiger partial charge in [-0.25, -0.2) is 10.8 Å². The highest BCUT2D eigenvalue weighted by Gasteiger charge is 1.93. The number of aromatic nitrogens is 1. The van der Waals surface area contributed by atoms with Crippen molar-refractivity contribution in [2.75, 3.05) is 12.0 Å². The maximum Gasteiger partial charge on any atom is 0.143 e. The van der Waals surface area contributed by atoms with Crippen molar-refractivity contribution in [1.29, 1.82) is 0 Å². The second kappa shape index (κ2) is 3.78. The first-order chi connectivity index (χ1) is 5.36. The number of nitrogens with zero attached hydrogens (tertiary/aromatic N) is 1. The van der Waals surface area contributed by atoms with Gasteiger partial charge in [0.15, 0.2) is 0 Å². The largest absolute Gasteiger partial charge is 0.494 e. The molecule has 0 radical (unpaired) electrons. The molecule has 0 aromatic carbocycles. The molecule has 1 heterocycles. The average molecular weight is 153 g/mol. The fraction of sp³-hybridized carbons (Fsp3) is 0.286. The van der Waals surface area contributed by atoms with E-state index in [9.17, 15) is 0 Å². The molecule has 0 bridgehead atoms. The van der Waals surface area contributed by atoms with E-state index in [1.54, 1.807) is 18.3 Å². The summed E-state index contributed by atoms with van der Waals surface area (Å²) < 4.78 is 5.21. The summed E-state index contributed by atoms with van der Waals surface area (Å²) >= 11 is 0. The molecule has 0 atom stereocenters. The van der Waals surface area contributed by atoms with Gasteiger partial charge in [0.1, 0.15) is 11.6 Å². The lowest BCUT2D eigenvalue weighted by Crippen LogP contribution is -2.08. The molecule has 0 amide bonds. The average Bonchev–Trinajstić information content (AvgIpc) is 2.06. The van der Waals surface area contributed by atoms with Gasteiger partial charge in [0.05, 0.1) is 6.61 Å². The van der Waals surface area contributed by atoms with Crippen molar-refractivity contribution in [3.05, 3.63) is 18.3 Å². The maximum absolute atomic E-state index is 5.21. The summed E-state index contributed by atoms with van der Waals surface area (Å²) in [5.74, 6) is 6.53. The van der Waals surface area contributed by atoms with Crippen molar-refractivity contribution >= 4 is 5.82 Å². The highest BCUT2D eigenvalue weighted by atomic mass is 16.5. The van der Waals surface area contributed by atoms with Crippen LogP contribution in [0.15, 0.2) is 18.3 Å². The van der Waals surface area contributed by atoms with Gasteiger partial charge in [-0.2, -0.15) is 0 Å². The third-order valence-corrected chi connectivity index (χ3v) is 1.19. The lowest BCUT2D eigenvalue weighted by atomic mass is 10.4. The van der Waals surface area contributed by atoms with E-state index < -0.39 is 0 Å². The summed E-state index contributed by atoms with van der Waals surface area (Å²) in [4.78, 5) is 3.92. The fourth-order valence-corrected chi connectivity index (χ4v) is 0.747. The molecule has 11 heavy (non-hydrogen) atoms. The minimum atomic E-state index is 0.607. The van der Waals surface area contributed by atoms with E-state index in [2.05, 4.69) is 10.4 Å². The molecule has 0 aliphatic heterocycles. The molecule has 0 aliphatic carbocycles. The summed E-state index contributed by atoms with van der Waals surface area (Å²) in [6.07, 6.45) is 1.64. The van der Waals surface area contributed by atoms with Gasteiger partial charge in [0.25, 0.3) is 0 Å². The van der Waals surface area contributed by atoms with E-state index >= 15 is 0 Å². The van der Waals surface area contributed by atoms with Gasteiger partial charge < -0.3 is 10.2 Å². The Balaban J connectivity index is 2.74. The van der Waals surface area contributed by atoms with Crippen molar-refractivity contribution in [1.82, 2.24) is 4.98 Å². The van der Waals surface area contributed by atoms with Gasteiger partial charge in [0.2, 0.25) is 0 Å². The first-order valence-corrected chi connectivity index (χ1v) is 3.42. The third-order valence-electron chi connectivity index (χ3n) is 1.19. The molecule has 0 aliphatic rings. The van der Waals surface area contributed by atoms with Crippen molar-refractivity contribution in [3.8, 4) is 5.75 Å². The number of anilines is 1. The molecule has 4 heteroatoms. The predicted molar refractivity (Wildman–Crippen MR) is 43.2 cm³/mol. The van der Waals surface area contributed by atoms with Crippen LogP contribution >= 0.6 is 0 Å². The van der Waals surface area contributed by atoms with E-state index in [1.807, 2.05) is 6.92 Å². The van der Waals surface area contributed by atoms with Crippen LogP contribution in [0.3, 0.4) is 0 Å². The summed E-state index contributed by atoms with van der Waals surface area (Å²) in [5.41, 5.74) is 2.43. The number of hydrogen-bond donors (Lipinski definition) is 2. The first-order valence-electron chi connectivity index (χ1n) is 3.42. The normalized spacial score (nSPS) is 9.27. The summed E-state index contributed by atoms with van der Waals surface area (Å²) in [7, 11) is 0. The number of nitrogen functional groups attached to an aromatic ring is 1. The van der Waals surface area contributed by atoms with E-state index in [-0.39, 0.29) is 0 Å². The lowest BCUT2D eigenvalue weighted by molar-refractivity contribution is 0.340. The number of ether oxygens (including phenoxy) is 1. The van der Waals surface area contributed by atoms with Gasteiger partial charge in [-0.1, -0.05) is 0 Å². The monoisotopic (exact) mass is 153 g/mol. The minimum absolute atomic E-state index is 0.607. The van der Waals surface area contributed by atoms with Crippen molar-refractivity contribution < 1.29 is 4.74 Å². The Bertz CT molecular complexity index is 227. The van der Waals surface area contributed by atoms with Crippen LogP contribution in [0.2, 0.25) is 0 Å². The number of nitrogens with one attached hydrogen (secondary N) is 1. The molecule has 1 aromatic rings. The Kier molecular flexibility index (Phi) is 2.68. The number of nitrogens with two attached hydrogens (primary N) is 1. The first kappa shape index (κ1) is 7.81. The van der Waals surface area contributed by atoms with Crippen LogP contribution in [0.5, 0.6) is 5.75 Å². The molecule has 0 saturated carbocycles. The minimum Gasteiger partial charge on any atom is -0.494 e.